The number of phosphoric acid groups is 1. The highest BCUT2D eigenvalue weighted by Crippen LogP contribution is 2.57. The van der Waals surface area contributed by atoms with Crippen molar-refractivity contribution in [3.05, 3.63) is 28.8 Å². The standard InChI is InChI=1S/C29H52BO6P/c1-15-17-27(9,10)24-21(2)19-22(16-18-30-33-28(11,12)29(13,14)34-30)20-23(24)32-37(31,35-25(3,4)5)36-26(6,7)8/h19-20H,15-18H2,1-14H3. The number of hydrogen-bond donors (Lipinski definition) is 0. The van der Waals surface area contributed by atoms with Gasteiger partial charge in [0, 0.05) is 5.56 Å². The maximum absolute atomic E-state index is 14.1. The number of rotatable bonds is 10. The van der Waals surface area contributed by atoms with Gasteiger partial charge in [-0.05, 0) is 118 Å². The Balaban J connectivity index is 2.49. The molecular weight excluding hydrogens is 486 g/mol. The minimum absolute atomic E-state index is 0.188. The van der Waals surface area contributed by atoms with Crippen LogP contribution in [0.5, 0.6) is 5.75 Å². The summed E-state index contributed by atoms with van der Waals surface area (Å²) < 4.78 is 44.8. The third kappa shape index (κ3) is 8.83. The fraction of sp³-hybridized carbons (Fsp3) is 0.793. The van der Waals surface area contributed by atoms with Crippen LogP contribution in [0.25, 0.3) is 0 Å². The molecule has 8 heteroatoms. The van der Waals surface area contributed by atoms with Gasteiger partial charge in [0.1, 0.15) is 5.75 Å². The van der Waals surface area contributed by atoms with Gasteiger partial charge in [-0.1, -0.05) is 33.3 Å². The highest BCUT2D eigenvalue weighted by Gasteiger charge is 2.50. The summed E-state index contributed by atoms with van der Waals surface area (Å²) >= 11 is 0. The van der Waals surface area contributed by atoms with Crippen molar-refractivity contribution in [2.75, 3.05) is 0 Å². The van der Waals surface area contributed by atoms with Gasteiger partial charge in [-0.25, -0.2) is 4.57 Å². The lowest BCUT2D eigenvalue weighted by Gasteiger charge is -2.34. The Morgan fingerprint density at radius 1 is 0.892 bits per heavy atom. The second-order valence-corrected chi connectivity index (χ2v) is 15.5. The molecule has 0 radical (unpaired) electrons. The molecule has 0 spiro atoms. The molecule has 37 heavy (non-hydrogen) atoms. The van der Waals surface area contributed by atoms with E-state index in [2.05, 4.69) is 61.5 Å². The molecule has 1 aromatic rings. The van der Waals surface area contributed by atoms with E-state index in [0.29, 0.717) is 12.1 Å². The third-order valence-electron chi connectivity index (χ3n) is 6.86. The zero-order valence-electron chi connectivity index (χ0n) is 26.0. The molecule has 2 rings (SSSR count). The molecule has 0 unspecified atom stereocenters. The summed E-state index contributed by atoms with van der Waals surface area (Å²) in [6, 6.07) is 4.20. The van der Waals surface area contributed by atoms with Gasteiger partial charge in [0.25, 0.3) is 0 Å². The monoisotopic (exact) mass is 538 g/mol. The summed E-state index contributed by atoms with van der Waals surface area (Å²) in [5.41, 5.74) is 0.839. The first kappa shape index (κ1) is 32.4. The van der Waals surface area contributed by atoms with Crippen molar-refractivity contribution in [2.24, 2.45) is 0 Å². The summed E-state index contributed by atoms with van der Waals surface area (Å²) in [7, 11) is -4.25. The summed E-state index contributed by atoms with van der Waals surface area (Å²) in [5, 5.41) is 0. The largest absolute Gasteiger partial charge is 0.531 e. The first-order valence-corrected chi connectivity index (χ1v) is 15.2. The van der Waals surface area contributed by atoms with Gasteiger partial charge in [-0.15, -0.1) is 0 Å². The van der Waals surface area contributed by atoms with Crippen LogP contribution < -0.4 is 4.52 Å². The van der Waals surface area contributed by atoms with Gasteiger partial charge in [0.15, 0.2) is 0 Å². The molecule has 1 aromatic carbocycles. The molecule has 0 atom stereocenters. The van der Waals surface area contributed by atoms with E-state index in [9.17, 15) is 4.57 Å². The van der Waals surface area contributed by atoms with Crippen molar-refractivity contribution >= 4 is 14.9 Å². The van der Waals surface area contributed by atoms with Gasteiger partial charge < -0.3 is 13.8 Å². The van der Waals surface area contributed by atoms with Crippen LogP contribution in [0, 0.1) is 6.92 Å². The fourth-order valence-corrected chi connectivity index (χ4v) is 6.71. The van der Waals surface area contributed by atoms with E-state index in [1.807, 2.05) is 47.6 Å². The zero-order chi connectivity index (χ0) is 28.7. The van der Waals surface area contributed by atoms with E-state index < -0.39 is 19.0 Å². The SMILES string of the molecule is CCCC(C)(C)c1c(C)cc(CCB2OC(C)(C)C(C)(C)O2)cc1OP(=O)(OC(C)(C)C)OC(C)(C)C. The Hall–Kier alpha value is -0.845. The normalized spacial score (nSPS) is 18.4. The lowest BCUT2D eigenvalue weighted by molar-refractivity contribution is 0.00578. The number of hydrogen-bond acceptors (Lipinski definition) is 6. The molecular formula is C29H52BO6P. The Kier molecular flexibility index (Phi) is 9.59. The van der Waals surface area contributed by atoms with Crippen LogP contribution >= 0.6 is 7.82 Å². The third-order valence-corrected chi connectivity index (χ3v) is 8.83. The van der Waals surface area contributed by atoms with Crippen LogP contribution in [0.3, 0.4) is 0 Å². The van der Waals surface area contributed by atoms with E-state index in [4.69, 9.17) is 22.9 Å². The second-order valence-electron chi connectivity index (χ2n) is 14.1. The Labute approximate surface area is 227 Å². The van der Waals surface area contributed by atoms with E-state index >= 15 is 0 Å². The predicted molar refractivity (Wildman–Crippen MR) is 154 cm³/mol. The fourth-order valence-electron chi connectivity index (χ4n) is 4.88. The predicted octanol–water partition coefficient (Wildman–Crippen LogP) is 8.82. The molecule has 6 nitrogen and oxygen atoms in total. The van der Waals surface area contributed by atoms with E-state index in [1.165, 1.54) is 0 Å². The van der Waals surface area contributed by atoms with Crippen LogP contribution in [0.2, 0.25) is 6.32 Å². The van der Waals surface area contributed by atoms with Crippen LogP contribution in [0.1, 0.15) is 120 Å². The molecule has 1 heterocycles. The van der Waals surface area contributed by atoms with Gasteiger partial charge in [-0.2, -0.15) is 0 Å². The molecule has 1 aliphatic rings. The zero-order valence-corrected chi connectivity index (χ0v) is 26.9. The molecule has 0 N–H and O–H groups in total. The van der Waals surface area contributed by atoms with E-state index in [1.54, 1.807) is 0 Å². The van der Waals surface area contributed by atoms with E-state index in [-0.39, 0.29) is 23.7 Å². The van der Waals surface area contributed by atoms with Crippen LogP contribution in [-0.4, -0.2) is 29.5 Å². The molecule has 212 valence electrons. The smallest absolute Gasteiger partial charge is 0.404 e. The molecule has 1 saturated heterocycles. The van der Waals surface area contributed by atoms with Crippen LogP contribution in [-0.2, 0) is 34.8 Å². The van der Waals surface area contributed by atoms with Gasteiger partial charge >= 0.3 is 14.9 Å². The molecule has 1 aliphatic heterocycles. The Morgan fingerprint density at radius 2 is 1.38 bits per heavy atom. The topological polar surface area (TPSA) is 63.2 Å². The van der Waals surface area contributed by atoms with Crippen molar-refractivity contribution < 1.29 is 27.4 Å². The lowest BCUT2D eigenvalue weighted by Crippen LogP contribution is -2.41. The number of phosphoric ester groups is 1. The van der Waals surface area contributed by atoms with Gasteiger partial charge in [-0.3, -0.25) is 9.05 Å². The van der Waals surface area contributed by atoms with Crippen molar-refractivity contribution in [3.63, 3.8) is 0 Å². The Morgan fingerprint density at radius 3 is 1.81 bits per heavy atom. The van der Waals surface area contributed by atoms with Gasteiger partial charge in [0.2, 0.25) is 0 Å². The maximum atomic E-state index is 14.1. The maximum Gasteiger partial charge on any atom is 0.531 e. The molecule has 0 aromatic heterocycles. The molecule has 0 amide bonds. The van der Waals surface area contributed by atoms with Crippen LogP contribution in [0.4, 0.5) is 0 Å². The number of aryl methyl sites for hydroxylation is 2. The van der Waals surface area contributed by atoms with Crippen molar-refractivity contribution in [1.29, 1.82) is 0 Å². The van der Waals surface area contributed by atoms with Crippen molar-refractivity contribution in [3.8, 4) is 5.75 Å². The second kappa shape index (κ2) is 11.0. The quantitative estimate of drug-likeness (QED) is 0.219. The summed E-state index contributed by atoms with van der Waals surface area (Å²) in [6.45, 7) is 28.0. The summed E-state index contributed by atoms with van der Waals surface area (Å²) in [5.74, 6) is 0.555. The molecule has 0 saturated carbocycles. The average molecular weight is 539 g/mol. The molecule has 1 fully saturated rings. The first-order chi connectivity index (χ1) is 16.5. The summed E-state index contributed by atoms with van der Waals surface area (Å²) in [6.07, 6.45) is 3.41. The van der Waals surface area contributed by atoms with Crippen LogP contribution in [0.15, 0.2) is 12.1 Å². The molecule has 0 bridgehead atoms. The minimum Gasteiger partial charge on any atom is -0.404 e. The van der Waals surface area contributed by atoms with Crippen molar-refractivity contribution in [2.45, 2.75) is 150 Å². The highest BCUT2D eigenvalue weighted by molar-refractivity contribution is 7.49. The van der Waals surface area contributed by atoms with Gasteiger partial charge in [0.05, 0.1) is 22.4 Å². The minimum atomic E-state index is -3.96. The summed E-state index contributed by atoms with van der Waals surface area (Å²) in [4.78, 5) is 0. The molecule has 0 aliphatic carbocycles. The Bertz CT molecular complexity index is 951. The average Bonchev–Trinajstić information content (AvgIpc) is 2.82. The first-order valence-electron chi connectivity index (χ1n) is 13.7. The highest BCUT2D eigenvalue weighted by atomic mass is 31.2. The van der Waals surface area contributed by atoms with E-state index in [0.717, 1.165) is 36.0 Å². The van der Waals surface area contributed by atoms with Crippen molar-refractivity contribution in [1.82, 2.24) is 0 Å². The lowest BCUT2D eigenvalue weighted by atomic mass is 9.76. The number of benzene rings is 1.